The molecule has 6 nitrogen and oxygen atoms in total. The number of thiazole rings is 1. The van der Waals surface area contributed by atoms with Crippen LogP contribution in [0, 0.1) is 0 Å². The summed E-state index contributed by atoms with van der Waals surface area (Å²) in [5.74, 6) is -0.206. The van der Waals surface area contributed by atoms with Crippen molar-refractivity contribution in [2.24, 2.45) is 0 Å². The third-order valence-electron chi connectivity index (χ3n) is 5.40. The zero-order valence-electron chi connectivity index (χ0n) is 16.8. The summed E-state index contributed by atoms with van der Waals surface area (Å²) in [6, 6.07) is 16.0. The molecule has 4 rings (SSSR count). The van der Waals surface area contributed by atoms with E-state index in [2.05, 4.69) is 20.1 Å². The van der Waals surface area contributed by atoms with Crippen LogP contribution >= 0.6 is 11.3 Å². The number of para-hydroxylation sites is 1. The lowest BCUT2D eigenvalue weighted by Gasteiger charge is -2.37. The summed E-state index contributed by atoms with van der Waals surface area (Å²) in [6.07, 6.45) is 1.82. The topological polar surface area (TPSA) is 65.5 Å². The minimum Gasteiger partial charge on any atom is -0.346 e. The Morgan fingerprint density at radius 3 is 2.40 bits per heavy atom. The summed E-state index contributed by atoms with van der Waals surface area (Å²) in [6.45, 7) is 5.18. The lowest BCUT2D eigenvalue weighted by molar-refractivity contribution is -0.120. The van der Waals surface area contributed by atoms with Gasteiger partial charge in [0.1, 0.15) is 0 Å². The van der Waals surface area contributed by atoms with Gasteiger partial charge in [-0.2, -0.15) is 0 Å². The van der Waals surface area contributed by atoms with Crippen LogP contribution in [-0.2, 0) is 4.79 Å². The van der Waals surface area contributed by atoms with Gasteiger partial charge in [0, 0.05) is 48.9 Å². The van der Waals surface area contributed by atoms with Crippen LogP contribution in [0.15, 0.2) is 66.2 Å². The predicted octanol–water partition coefficient (Wildman–Crippen LogP) is 3.52. The average Bonchev–Trinajstić information content (AvgIpc) is 3.34. The number of carbonyl (C=O) groups excluding carboxylic acids is 2. The fourth-order valence-electron chi connectivity index (χ4n) is 3.61. The second-order valence-corrected chi connectivity index (χ2v) is 8.12. The lowest BCUT2D eigenvalue weighted by Crippen LogP contribution is -2.52. The van der Waals surface area contributed by atoms with Gasteiger partial charge in [0.25, 0.3) is 0 Å². The summed E-state index contributed by atoms with van der Waals surface area (Å²) in [4.78, 5) is 34.6. The quantitative estimate of drug-likeness (QED) is 0.618. The van der Waals surface area contributed by atoms with Crippen LogP contribution < -0.4 is 10.2 Å². The number of benzene rings is 2. The van der Waals surface area contributed by atoms with E-state index in [0.717, 1.165) is 31.3 Å². The third-order valence-corrected chi connectivity index (χ3v) is 6.23. The highest BCUT2D eigenvalue weighted by molar-refractivity contribution is 7.13. The second-order valence-electron chi connectivity index (χ2n) is 7.24. The Morgan fingerprint density at radius 1 is 1.00 bits per heavy atom. The second kappa shape index (κ2) is 9.19. The Kier molecular flexibility index (Phi) is 6.21. The maximum atomic E-state index is 12.9. The number of hydrogen-bond acceptors (Lipinski definition) is 6. The Bertz CT molecular complexity index is 999. The normalized spacial score (nSPS) is 15.6. The Balaban J connectivity index is 1.41. The zero-order valence-corrected chi connectivity index (χ0v) is 17.6. The first-order valence-electron chi connectivity index (χ1n) is 10.0. The molecule has 0 saturated carbocycles. The predicted molar refractivity (Wildman–Crippen MR) is 120 cm³/mol. The van der Waals surface area contributed by atoms with Gasteiger partial charge in [0.2, 0.25) is 5.91 Å². The number of amides is 1. The van der Waals surface area contributed by atoms with E-state index in [1.165, 1.54) is 0 Å². The van der Waals surface area contributed by atoms with E-state index in [0.29, 0.717) is 16.8 Å². The maximum absolute atomic E-state index is 12.9. The highest BCUT2D eigenvalue weighted by Gasteiger charge is 2.27. The van der Waals surface area contributed by atoms with Crippen LogP contribution in [0.3, 0.4) is 0 Å². The van der Waals surface area contributed by atoms with Gasteiger partial charge in [-0.05, 0) is 19.1 Å². The van der Waals surface area contributed by atoms with Crippen LogP contribution in [0.5, 0.6) is 0 Å². The number of carbonyl (C=O) groups is 2. The molecule has 1 fully saturated rings. The number of nitrogens with one attached hydrogen (secondary N) is 1. The van der Waals surface area contributed by atoms with Gasteiger partial charge in [-0.15, -0.1) is 11.3 Å². The van der Waals surface area contributed by atoms with Gasteiger partial charge in [-0.3, -0.25) is 14.5 Å². The van der Waals surface area contributed by atoms with E-state index in [1.807, 2.05) is 48.8 Å². The highest BCUT2D eigenvalue weighted by atomic mass is 32.1. The standard InChI is InChI=1S/C23H24N4O2S/c1-17(26-12-14-27(15-13-26)23-24-11-16-30-23)22(29)25-20-10-6-5-9-19(20)21(28)18-7-3-2-4-8-18/h2-11,16-17H,12-15H2,1H3,(H,25,29)/t17-/m1/s1. The van der Waals surface area contributed by atoms with Crippen LogP contribution in [0.2, 0.25) is 0 Å². The van der Waals surface area contributed by atoms with Crippen molar-refractivity contribution < 1.29 is 9.59 Å². The number of nitrogens with zero attached hydrogens (tertiary/aromatic N) is 3. The van der Waals surface area contributed by atoms with Crippen molar-refractivity contribution in [3.8, 4) is 0 Å². The molecule has 1 atom stereocenters. The van der Waals surface area contributed by atoms with Crippen molar-refractivity contribution in [2.75, 3.05) is 36.4 Å². The van der Waals surface area contributed by atoms with Crippen molar-refractivity contribution in [3.05, 3.63) is 77.3 Å². The first-order valence-corrected chi connectivity index (χ1v) is 10.9. The number of aromatic nitrogens is 1. The van der Waals surface area contributed by atoms with E-state index in [1.54, 1.807) is 35.6 Å². The van der Waals surface area contributed by atoms with Crippen molar-refractivity contribution in [1.29, 1.82) is 0 Å². The maximum Gasteiger partial charge on any atom is 0.241 e. The molecule has 1 aliphatic heterocycles. The molecule has 1 aliphatic rings. The van der Waals surface area contributed by atoms with Crippen LogP contribution in [0.1, 0.15) is 22.8 Å². The third kappa shape index (κ3) is 4.42. The number of ketones is 1. The summed E-state index contributed by atoms with van der Waals surface area (Å²) < 4.78 is 0. The van der Waals surface area contributed by atoms with Gasteiger partial charge in [0.15, 0.2) is 10.9 Å². The molecule has 0 unspecified atom stereocenters. The van der Waals surface area contributed by atoms with Crippen LogP contribution in [-0.4, -0.2) is 53.8 Å². The summed E-state index contributed by atoms with van der Waals surface area (Å²) in [7, 11) is 0. The average molecular weight is 421 g/mol. The fourth-order valence-corrected chi connectivity index (χ4v) is 4.31. The number of piperazine rings is 1. The van der Waals surface area contributed by atoms with Crippen LogP contribution in [0.25, 0.3) is 0 Å². The molecule has 1 saturated heterocycles. The zero-order chi connectivity index (χ0) is 20.9. The SMILES string of the molecule is C[C@H](C(=O)Nc1ccccc1C(=O)c1ccccc1)N1CCN(c2nccs2)CC1. The molecule has 0 aliphatic carbocycles. The molecular weight excluding hydrogens is 396 g/mol. The molecule has 0 radical (unpaired) electrons. The van der Waals surface area contributed by atoms with E-state index < -0.39 is 0 Å². The van der Waals surface area contributed by atoms with E-state index in [-0.39, 0.29) is 17.7 Å². The molecule has 30 heavy (non-hydrogen) atoms. The molecule has 3 aromatic rings. The molecule has 2 heterocycles. The first kappa shape index (κ1) is 20.3. The Hall–Kier alpha value is -3.03. The molecule has 0 bridgehead atoms. The van der Waals surface area contributed by atoms with Crippen LogP contribution in [0.4, 0.5) is 10.8 Å². The minimum absolute atomic E-state index is 0.101. The first-order chi connectivity index (χ1) is 14.6. The molecule has 1 amide bonds. The summed E-state index contributed by atoms with van der Waals surface area (Å²) in [5, 5.41) is 5.98. The molecular formula is C23H24N4O2S. The van der Waals surface area contributed by atoms with Gasteiger partial charge in [-0.25, -0.2) is 4.98 Å². The van der Waals surface area contributed by atoms with Gasteiger partial charge >= 0.3 is 0 Å². The number of rotatable bonds is 6. The Labute approximate surface area is 180 Å². The monoisotopic (exact) mass is 420 g/mol. The molecule has 7 heteroatoms. The van der Waals surface area contributed by atoms with E-state index in [9.17, 15) is 9.59 Å². The molecule has 0 spiro atoms. The van der Waals surface area contributed by atoms with Crippen molar-refractivity contribution in [1.82, 2.24) is 9.88 Å². The van der Waals surface area contributed by atoms with Crippen molar-refractivity contribution >= 4 is 33.8 Å². The summed E-state index contributed by atoms with van der Waals surface area (Å²) >= 11 is 1.63. The van der Waals surface area contributed by atoms with Gasteiger partial charge in [0.05, 0.1) is 11.7 Å². The van der Waals surface area contributed by atoms with E-state index >= 15 is 0 Å². The van der Waals surface area contributed by atoms with Crippen molar-refractivity contribution in [2.45, 2.75) is 13.0 Å². The van der Waals surface area contributed by atoms with Gasteiger partial charge < -0.3 is 10.2 Å². The summed E-state index contributed by atoms with van der Waals surface area (Å²) in [5.41, 5.74) is 1.65. The molecule has 154 valence electrons. The largest absolute Gasteiger partial charge is 0.346 e. The molecule has 2 aromatic carbocycles. The smallest absolute Gasteiger partial charge is 0.241 e. The Morgan fingerprint density at radius 2 is 1.70 bits per heavy atom. The number of hydrogen-bond donors (Lipinski definition) is 1. The van der Waals surface area contributed by atoms with Crippen molar-refractivity contribution in [3.63, 3.8) is 0 Å². The minimum atomic E-state index is -0.289. The molecule has 1 aromatic heterocycles. The molecule has 1 N–H and O–H groups in total. The lowest BCUT2D eigenvalue weighted by atomic mass is 10.0. The fraction of sp³-hybridized carbons (Fsp3) is 0.261. The number of anilines is 2. The highest BCUT2D eigenvalue weighted by Crippen LogP contribution is 2.22. The van der Waals surface area contributed by atoms with E-state index in [4.69, 9.17) is 0 Å². The van der Waals surface area contributed by atoms with Gasteiger partial charge in [-0.1, -0.05) is 42.5 Å².